The Kier molecular flexibility index (Phi) is 4.93. The first kappa shape index (κ1) is 17.9. The maximum atomic E-state index is 12.7. The molecule has 0 amide bonds. The first-order valence-electron chi connectivity index (χ1n) is 7.99. The molecule has 1 aromatic carbocycles. The number of alkyl halides is 3. The molecule has 0 saturated heterocycles. The number of nitrogens with zero attached hydrogens (tertiary/aromatic N) is 2. The van der Waals surface area contributed by atoms with E-state index in [0.29, 0.717) is 17.7 Å². The fraction of sp³-hybridized carbons (Fsp3) is 0.200. The number of rotatable bonds is 4. The van der Waals surface area contributed by atoms with Gasteiger partial charge in [0.1, 0.15) is 11.4 Å². The fourth-order valence-corrected chi connectivity index (χ4v) is 2.73. The topological polar surface area (TPSA) is 35.0 Å². The van der Waals surface area contributed by atoms with E-state index in [9.17, 15) is 13.2 Å². The average molecular weight is 358 g/mol. The molecule has 3 nitrogen and oxygen atoms in total. The van der Waals surface area contributed by atoms with Crippen molar-refractivity contribution >= 4 is 0 Å². The van der Waals surface area contributed by atoms with Crippen LogP contribution in [0.5, 0.6) is 5.75 Å². The van der Waals surface area contributed by atoms with E-state index >= 15 is 0 Å². The minimum atomic E-state index is -4.44. The number of hydrogen-bond acceptors (Lipinski definition) is 3. The van der Waals surface area contributed by atoms with Crippen LogP contribution < -0.4 is 4.74 Å². The summed E-state index contributed by atoms with van der Waals surface area (Å²) >= 11 is 0. The Morgan fingerprint density at radius 1 is 0.962 bits per heavy atom. The van der Waals surface area contributed by atoms with E-state index in [2.05, 4.69) is 9.97 Å². The molecule has 6 heteroatoms. The standard InChI is InChI=1S/C20H17F3N2O/c1-13-9-16(15-5-3-4-6-18(15)26-2)17(24-11-13)10-14-7-8-19(25-12-14)20(21,22)23/h3-9,11-12H,10H2,1-2H3. The summed E-state index contributed by atoms with van der Waals surface area (Å²) in [6.45, 7) is 1.94. The number of aromatic nitrogens is 2. The second-order valence-corrected chi connectivity index (χ2v) is 5.93. The quantitative estimate of drug-likeness (QED) is 0.653. The van der Waals surface area contributed by atoms with Crippen LogP contribution in [0.15, 0.2) is 54.9 Å². The number of halogens is 3. The van der Waals surface area contributed by atoms with E-state index in [1.807, 2.05) is 37.3 Å². The molecule has 3 rings (SSSR count). The highest BCUT2D eigenvalue weighted by molar-refractivity contribution is 5.73. The van der Waals surface area contributed by atoms with E-state index in [1.165, 1.54) is 12.3 Å². The lowest BCUT2D eigenvalue weighted by Crippen LogP contribution is -2.08. The third kappa shape index (κ3) is 3.85. The van der Waals surface area contributed by atoms with Gasteiger partial charge in [0, 0.05) is 29.9 Å². The third-order valence-corrected chi connectivity index (χ3v) is 3.99. The second-order valence-electron chi connectivity index (χ2n) is 5.93. The molecule has 0 unspecified atom stereocenters. The molecule has 3 aromatic rings. The van der Waals surface area contributed by atoms with Crippen molar-refractivity contribution in [2.45, 2.75) is 19.5 Å². The summed E-state index contributed by atoms with van der Waals surface area (Å²) < 4.78 is 43.4. The minimum absolute atomic E-state index is 0.374. The summed E-state index contributed by atoms with van der Waals surface area (Å²) in [4.78, 5) is 8.01. The molecule has 2 heterocycles. The van der Waals surface area contributed by atoms with Gasteiger partial charge >= 0.3 is 6.18 Å². The van der Waals surface area contributed by atoms with Crippen molar-refractivity contribution in [1.29, 1.82) is 0 Å². The molecule has 0 N–H and O–H groups in total. The number of methoxy groups -OCH3 is 1. The summed E-state index contributed by atoms with van der Waals surface area (Å²) in [5.74, 6) is 0.715. The van der Waals surface area contributed by atoms with Gasteiger partial charge in [-0.2, -0.15) is 13.2 Å². The normalized spacial score (nSPS) is 11.4. The number of ether oxygens (including phenoxy) is 1. The van der Waals surface area contributed by atoms with E-state index < -0.39 is 11.9 Å². The third-order valence-electron chi connectivity index (χ3n) is 3.99. The highest BCUT2D eigenvalue weighted by Crippen LogP contribution is 2.33. The lowest BCUT2D eigenvalue weighted by atomic mass is 9.98. The molecule has 0 spiro atoms. The Hall–Kier alpha value is -2.89. The van der Waals surface area contributed by atoms with Gasteiger partial charge in [-0.15, -0.1) is 0 Å². The van der Waals surface area contributed by atoms with Crippen LogP contribution in [0.25, 0.3) is 11.1 Å². The van der Waals surface area contributed by atoms with Crippen molar-refractivity contribution in [2.24, 2.45) is 0 Å². The minimum Gasteiger partial charge on any atom is -0.496 e. The molecule has 0 saturated carbocycles. The van der Waals surface area contributed by atoms with Crippen LogP contribution in [0, 0.1) is 6.92 Å². The van der Waals surface area contributed by atoms with Crippen molar-refractivity contribution in [3.8, 4) is 16.9 Å². The van der Waals surface area contributed by atoms with Gasteiger partial charge in [0.15, 0.2) is 0 Å². The van der Waals surface area contributed by atoms with E-state index in [4.69, 9.17) is 4.74 Å². The average Bonchev–Trinajstić information content (AvgIpc) is 2.63. The van der Waals surface area contributed by atoms with Crippen molar-refractivity contribution in [3.05, 3.63) is 77.4 Å². The number of benzene rings is 1. The molecule has 2 aromatic heterocycles. The lowest BCUT2D eigenvalue weighted by molar-refractivity contribution is -0.141. The monoisotopic (exact) mass is 358 g/mol. The highest BCUT2D eigenvalue weighted by Gasteiger charge is 2.32. The van der Waals surface area contributed by atoms with Gasteiger partial charge in [-0.1, -0.05) is 24.3 Å². The summed E-state index contributed by atoms with van der Waals surface area (Å²) in [5.41, 5.74) is 3.28. The number of aryl methyl sites for hydroxylation is 1. The van der Waals surface area contributed by atoms with Gasteiger partial charge in [-0.3, -0.25) is 9.97 Å². The predicted molar refractivity (Wildman–Crippen MR) is 93.0 cm³/mol. The Balaban J connectivity index is 1.99. The molecule has 0 bridgehead atoms. The van der Waals surface area contributed by atoms with Crippen molar-refractivity contribution in [1.82, 2.24) is 9.97 Å². The maximum absolute atomic E-state index is 12.7. The van der Waals surface area contributed by atoms with Crippen LogP contribution in [0.3, 0.4) is 0 Å². The Labute approximate surface area is 149 Å². The molecule has 26 heavy (non-hydrogen) atoms. The van der Waals surface area contributed by atoms with Gasteiger partial charge in [0.2, 0.25) is 0 Å². The van der Waals surface area contributed by atoms with E-state index in [0.717, 1.165) is 28.5 Å². The van der Waals surface area contributed by atoms with Gasteiger partial charge in [-0.25, -0.2) is 0 Å². The van der Waals surface area contributed by atoms with Gasteiger partial charge in [-0.05, 0) is 36.2 Å². The van der Waals surface area contributed by atoms with Gasteiger partial charge in [0.05, 0.1) is 12.8 Å². The molecule has 0 radical (unpaired) electrons. The summed E-state index contributed by atoms with van der Waals surface area (Å²) in [6.07, 6.45) is -1.08. The summed E-state index contributed by atoms with van der Waals surface area (Å²) in [5, 5.41) is 0. The molecular formula is C20H17F3N2O. The van der Waals surface area contributed by atoms with E-state index in [-0.39, 0.29) is 0 Å². The highest BCUT2D eigenvalue weighted by atomic mass is 19.4. The van der Waals surface area contributed by atoms with Crippen LogP contribution in [0.2, 0.25) is 0 Å². The molecule has 0 aliphatic carbocycles. The molecule has 0 aliphatic rings. The van der Waals surface area contributed by atoms with Crippen LogP contribution in [-0.4, -0.2) is 17.1 Å². The van der Waals surface area contributed by atoms with Crippen LogP contribution in [0.4, 0.5) is 13.2 Å². The Morgan fingerprint density at radius 3 is 2.38 bits per heavy atom. The fourth-order valence-electron chi connectivity index (χ4n) is 2.73. The molecule has 134 valence electrons. The smallest absolute Gasteiger partial charge is 0.433 e. The van der Waals surface area contributed by atoms with Gasteiger partial charge in [0.25, 0.3) is 0 Å². The van der Waals surface area contributed by atoms with E-state index in [1.54, 1.807) is 13.3 Å². The first-order valence-corrected chi connectivity index (χ1v) is 7.99. The number of para-hydroxylation sites is 1. The largest absolute Gasteiger partial charge is 0.496 e. The van der Waals surface area contributed by atoms with Crippen molar-refractivity contribution in [3.63, 3.8) is 0 Å². The van der Waals surface area contributed by atoms with Gasteiger partial charge < -0.3 is 4.74 Å². The second kappa shape index (κ2) is 7.15. The molecule has 0 atom stereocenters. The zero-order valence-corrected chi connectivity index (χ0v) is 14.3. The SMILES string of the molecule is COc1ccccc1-c1cc(C)cnc1Cc1ccc(C(F)(F)F)nc1. The van der Waals surface area contributed by atoms with Crippen molar-refractivity contribution < 1.29 is 17.9 Å². The van der Waals surface area contributed by atoms with Crippen molar-refractivity contribution in [2.75, 3.05) is 7.11 Å². The molecule has 0 fully saturated rings. The lowest BCUT2D eigenvalue weighted by Gasteiger charge is -2.13. The zero-order chi connectivity index (χ0) is 18.7. The zero-order valence-electron chi connectivity index (χ0n) is 14.3. The van der Waals surface area contributed by atoms with Crippen LogP contribution in [0.1, 0.15) is 22.5 Å². The summed E-state index contributed by atoms with van der Waals surface area (Å²) in [6, 6.07) is 12.0. The molecule has 0 aliphatic heterocycles. The predicted octanol–water partition coefficient (Wildman–Crippen LogP) is 5.07. The van der Waals surface area contributed by atoms with Crippen LogP contribution in [-0.2, 0) is 12.6 Å². The first-order chi connectivity index (χ1) is 12.4. The summed E-state index contributed by atoms with van der Waals surface area (Å²) in [7, 11) is 1.60. The maximum Gasteiger partial charge on any atom is 0.433 e. The van der Waals surface area contributed by atoms with Crippen LogP contribution >= 0.6 is 0 Å². The Morgan fingerprint density at radius 2 is 1.73 bits per heavy atom. The number of hydrogen-bond donors (Lipinski definition) is 0. The molecular weight excluding hydrogens is 341 g/mol. The number of pyridine rings is 2. The Bertz CT molecular complexity index is 906.